The van der Waals surface area contributed by atoms with Gasteiger partial charge in [-0.2, -0.15) is 5.11 Å². The highest BCUT2D eigenvalue weighted by molar-refractivity contribution is 7.11. The standard InChI is InChI=1S/C16H24N2O3S/c1-6-11-20-13(19)9-10-16(5,18-17-15(2,3)4)21-14-8-7-12-22-14/h6-8,12H,1,9-11H2,2-5H3. The molecule has 0 saturated carbocycles. The van der Waals surface area contributed by atoms with Crippen LogP contribution in [0.25, 0.3) is 0 Å². The van der Waals surface area contributed by atoms with Crippen LogP contribution in [0.5, 0.6) is 5.06 Å². The predicted octanol–water partition coefficient (Wildman–Crippen LogP) is 4.60. The van der Waals surface area contributed by atoms with Crippen molar-refractivity contribution in [3.63, 3.8) is 0 Å². The topological polar surface area (TPSA) is 60.2 Å². The molecule has 122 valence electrons. The van der Waals surface area contributed by atoms with Crippen molar-refractivity contribution in [2.45, 2.75) is 51.8 Å². The number of carbonyl (C=O) groups excluding carboxylic acids is 1. The fraction of sp³-hybridized carbons (Fsp3) is 0.562. The van der Waals surface area contributed by atoms with Crippen molar-refractivity contribution in [2.24, 2.45) is 10.2 Å². The van der Waals surface area contributed by atoms with Crippen molar-refractivity contribution >= 4 is 17.3 Å². The zero-order chi connectivity index (χ0) is 16.6. The van der Waals surface area contributed by atoms with E-state index in [0.717, 1.165) is 5.06 Å². The number of ether oxygens (including phenoxy) is 2. The van der Waals surface area contributed by atoms with Gasteiger partial charge in [0.05, 0.1) is 12.0 Å². The molecule has 0 N–H and O–H groups in total. The minimum absolute atomic E-state index is 0.207. The van der Waals surface area contributed by atoms with Gasteiger partial charge in [0, 0.05) is 6.42 Å². The Morgan fingerprint density at radius 3 is 2.64 bits per heavy atom. The summed E-state index contributed by atoms with van der Waals surface area (Å²) in [6.07, 6.45) is 2.14. The Balaban J connectivity index is 2.75. The summed E-state index contributed by atoms with van der Waals surface area (Å²) >= 11 is 1.48. The number of hydrogen-bond donors (Lipinski definition) is 0. The van der Waals surface area contributed by atoms with Crippen LogP contribution in [-0.2, 0) is 9.53 Å². The minimum atomic E-state index is -0.897. The smallest absolute Gasteiger partial charge is 0.306 e. The summed E-state index contributed by atoms with van der Waals surface area (Å²) in [6, 6.07) is 3.77. The predicted molar refractivity (Wildman–Crippen MR) is 88.4 cm³/mol. The van der Waals surface area contributed by atoms with Crippen LogP contribution in [0, 0.1) is 0 Å². The Kier molecular flexibility index (Phi) is 6.74. The van der Waals surface area contributed by atoms with Crippen LogP contribution in [0.4, 0.5) is 0 Å². The molecule has 1 aromatic heterocycles. The molecule has 5 nitrogen and oxygen atoms in total. The van der Waals surface area contributed by atoms with Crippen LogP contribution in [0.2, 0.25) is 0 Å². The summed E-state index contributed by atoms with van der Waals surface area (Å²) in [5.41, 5.74) is -1.20. The van der Waals surface area contributed by atoms with E-state index in [2.05, 4.69) is 16.8 Å². The minimum Gasteiger partial charge on any atom is -0.461 e. The summed E-state index contributed by atoms with van der Waals surface area (Å²) in [5, 5.41) is 11.3. The van der Waals surface area contributed by atoms with E-state index >= 15 is 0 Å². The van der Waals surface area contributed by atoms with Crippen LogP contribution < -0.4 is 4.74 Å². The highest BCUT2D eigenvalue weighted by atomic mass is 32.1. The summed E-state index contributed by atoms with van der Waals surface area (Å²) in [5.74, 6) is -0.299. The van der Waals surface area contributed by atoms with E-state index in [1.54, 1.807) is 6.08 Å². The zero-order valence-electron chi connectivity index (χ0n) is 13.7. The number of esters is 1. The molecule has 1 atom stereocenters. The summed E-state index contributed by atoms with van der Waals surface area (Å²) < 4.78 is 10.9. The van der Waals surface area contributed by atoms with Gasteiger partial charge in [-0.15, -0.1) is 16.5 Å². The summed E-state index contributed by atoms with van der Waals surface area (Å²) in [4.78, 5) is 11.7. The first kappa shape index (κ1) is 18.4. The monoisotopic (exact) mass is 324 g/mol. The number of carbonyl (C=O) groups is 1. The van der Waals surface area contributed by atoms with Gasteiger partial charge in [-0.3, -0.25) is 4.79 Å². The van der Waals surface area contributed by atoms with E-state index < -0.39 is 5.72 Å². The Labute approximate surface area is 136 Å². The molecule has 1 heterocycles. The third-order valence-corrected chi connectivity index (χ3v) is 3.28. The Bertz CT molecular complexity index is 506. The fourth-order valence-corrected chi connectivity index (χ4v) is 2.15. The summed E-state index contributed by atoms with van der Waals surface area (Å²) in [7, 11) is 0. The number of rotatable bonds is 8. The van der Waals surface area contributed by atoms with Gasteiger partial charge in [-0.25, -0.2) is 0 Å². The molecule has 6 heteroatoms. The quantitative estimate of drug-likeness (QED) is 0.399. The first-order valence-electron chi connectivity index (χ1n) is 7.17. The van der Waals surface area contributed by atoms with E-state index in [4.69, 9.17) is 9.47 Å². The lowest BCUT2D eigenvalue weighted by atomic mass is 10.1. The van der Waals surface area contributed by atoms with E-state index in [-0.39, 0.29) is 24.5 Å². The number of azo groups is 1. The lowest BCUT2D eigenvalue weighted by Gasteiger charge is -2.25. The van der Waals surface area contributed by atoms with Crippen molar-refractivity contribution in [3.8, 4) is 5.06 Å². The highest BCUT2D eigenvalue weighted by Crippen LogP contribution is 2.29. The normalized spacial score (nSPS) is 14.5. The largest absolute Gasteiger partial charge is 0.461 e. The molecule has 0 spiro atoms. The molecular weight excluding hydrogens is 300 g/mol. The van der Waals surface area contributed by atoms with E-state index in [9.17, 15) is 4.79 Å². The second kappa shape index (κ2) is 8.08. The molecule has 0 amide bonds. The van der Waals surface area contributed by atoms with E-state index in [1.165, 1.54) is 11.3 Å². The number of thiophene rings is 1. The molecule has 22 heavy (non-hydrogen) atoms. The molecule has 0 aliphatic rings. The zero-order valence-corrected chi connectivity index (χ0v) is 14.5. The molecule has 0 radical (unpaired) electrons. The van der Waals surface area contributed by atoms with Gasteiger partial charge in [-0.05, 0) is 45.2 Å². The Morgan fingerprint density at radius 1 is 1.36 bits per heavy atom. The van der Waals surface area contributed by atoms with Gasteiger partial charge in [0.15, 0.2) is 5.06 Å². The van der Waals surface area contributed by atoms with Gasteiger partial charge in [0.2, 0.25) is 5.72 Å². The maximum absolute atomic E-state index is 11.7. The second-order valence-corrected chi connectivity index (χ2v) is 6.96. The van der Waals surface area contributed by atoms with E-state index in [1.807, 2.05) is 45.2 Å². The van der Waals surface area contributed by atoms with Crippen molar-refractivity contribution in [1.29, 1.82) is 0 Å². The summed E-state index contributed by atoms with van der Waals surface area (Å²) in [6.45, 7) is 11.4. The van der Waals surface area contributed by atoms with Crippen molar-refractivity contribution in [3.05, 3.63) is 30.2 Å². The van der Waals surface area contributed by atoms with Crippen LogP contribution in [0.1, 0.15) is 40.5 Å². The van der Waals surface area contributed by atoms with Crippen LogP contribution >= 0.6 is 11.3 Å². The van der Waals surface area contributed by atoms with Gasteiger partial charge < -0.3 is 9.47 Å². The number of nitrogens with zero attached hydrogens (tertiary/aromatic N) is 2. The third kappa shape index (κ3) is 7.36. The molecule has 1 unspecified atom stereocenters. The lowest BCUT2D eigenvalue weighted by Crippen LogP contribution is -2.31. The van der Waals surface area contributed by atoms with E-state index in [0.29, 0.717) is 6.42 Å². The maximum Gasteiger partial charge on any atom is 0.306 e. The first-order chi connectivity index (χ1) is 10.2. The second-order valence-electron chi connectivity index (χ2n) is 6.05. The van der Waals surface area contributed by atoms with Crippen molar-refractivity contribution in [2.75, 3.05) is 6.61 Å². The fourth-order valence-electron chi connectivity index (χ4n) is 1.47. The van der Waals surface area contributed by atoms with Gasteiger partial charge in [0.25, 0.3) is 0 Å². The molecule has 1 rings (SSSR count). The van der Waals surface area contributed by atoms with Gasteiger partial charge >= 0.3 is 5.97 Å². The highest BCUT2D eigenvalue weighted by Gasteiger charge is 2.29. The van der Waals surface area contributed by atoms with Crippen LogP contribution in [0.15, 0.2) is 40.4 Å². The van der Waals surface area contributed by atoms with Crippen LogP contribution in [0.3, 0.4) is 0 Å². The van der Waals surface area contributed by atoms with Crippen molar-refractivity contribution < 1.29 is 14.3 Å². The molecular formula is C16H24N2O3S. The first-order valence-corrected chi connectivity index (χ1v) is 8.05. The Morgan fingerprint density at radius 2 is 2.09 bits per heavy atom. The molecule has 0 aromatic carbocycles. The third-order valence-electron chi connectivity index (χ3n) is 2.53. The van der Waals surface area contributed by atoms with Crippen molar-refractivity contribution in [1.82, 2.24) is 0 Å². The van der Waals surface area contributed by atoms with Gasteiger partial charge in [0.1, 0.15) is 6.61 Å². The average Bonchev–Trinajstić information content (AvgIpc) is 2.93. The Hall–Kier alpha value is -1.69. The number of hydrogen-bond acceptors (Lipinski definition) is 6. The molecule has 0 aliphatic carbocycles. The molecule has 0 saturated heterocycles. The average molecular weight is 324 g/mol. The molecule has 0 aliphatic heterocycles. The van der Waals surface area contributed by atoms with Gasteiger partial charge in [-0.1, -0.05) is 12.7 Å². The van der Waals surface area contributed by atoms with Crippen LogP contribution in [-0.4, -0.2) is 23.8 Å². The lowest BCUT2D eigenvalue weighted by molar-refractivity contribution is -0.143. The maximum atomic E-state index is 11.7. The SMILES string of the molecule is C=CCOC(=O)CCC(C)(N=NC(C)(C)C)Oc1cccs1. The molecule has 0 fully saturated rings. The molecule has 0 bridgehead atoms. The molecule has 1 aromatic rings.